The monoisotopic (exact) mass is 274 g/mol. The average molecular weight is 274 g/mol. The highest BCUT2D eigenvalue weighted by Crippen LogP contribution is 2.26. The molecule has 2 atom stereocenters. The topological polar surface area (TPSA) is 27.7 Å². The number of methoxy groups -OCH3 is 1. The summed E-state index contributed by atoms with van der Waals surface area (Å²) < 4.78 is 16.9. The van der Waals surface area contributed by atoms with E-state index in [1.807, 2.05) is 24.3 Å². The molecule has 2 rings (SSSR count). The van der Waals surface area contributed by atoms with Crippen LogP contribution >= 0.6 is 0 Å². The lowest BCUT2D eigenvalue weighted by Gasteiger charge is -2.28. The van der Waals surface area contributed by atoms with Gasteiger partial charge < -0.3 is 14.2 Å². The first-order valence-electron chi connectivity index (χ1n) is 7.16. The number of ether oxygens (including phenoxy) is 3. The lowest BCUT2D eigenvalue weighted by molar-refractivity contribution is -0.192. The minimum atomic E-state index is -0.0992. The highest BCUT2D eigenvalue weighted by atomic mass is 16.7. The summed E-state index contributed by atoms with van der Waals surface area (Å²) >= 11 is 0. The van der Waals surface area contributed by atoms with Gasteiger partial charge in [0.2, 0.25) is 0 Å². The van der Waals surface area contributed by atoms with E-state index in [1.165, 1.54) is 0 Å². The molecule has 0 radical (unpaired) electrons. The largest absolute Gasteiger partial charge is 0.385 e. The van der Waals surface area contributed by atoms with Crippen molar-refractivity contribution in [3.63, 3.8) is 0 Å². The number of rotatable bonds is 6. The molecule has 0 N–H and O–H groups in total. The van der Waals surface area contributed by atoms with Gasteiger partial charge in [0, 0.05) is 32.3 Å². The molecular formula is C17H22O3. The molecule has 1 heterocycles. The van der Waals surface area contributed by atoms with Crippen LogP contribution in [0.25, 0.3) is 0 Å². The third-order valence-electron chi connectivity index (χ3n) is 3.49. The molecule has 1 aliphatic rings. The summed E-state index contributed by atoms with van der Waals surface area (Å²) in [5.41, 5.74) is 2.00. The van der Waals surface area contributed by atoms with Crippen LogP contribution in [0, 0.1) is 12.3 Å². The van der Waals surface area contributed by atoms with Crippen LogP contribution in [0.4, 0.5) is 0 Å². The van der Waals surface area contributed by atoms with Crippen LogP contribution in [0.5, 0.6) is 0 Å². The van der Waals surface area contributed by atoms with Crippen molar-refractivity contribution in [3.05, 3.63) is 35.4 Å². The maximum Gasteiger partial charge on any atom is 0.158 e. The van der Waals surface area contributed by atoms with Gasteiger partial charge in [0.15, 0.2) is 6.29 Å². The zero-order chi connectivity index (χ0) is 14.2. The maximum atomic E-state index is 6.10. The Kier molecular flexibility index (Phi) is 6.07. The van der Waals surface area contributed by atoms with E-state index in [2.05, 4.69) is 5.92 Å². The summed E-state index contributed by atoms with van der Waals surface area (Å²) in [6, 6.07) is 7.94. The van der Waals surface area contributed by atoms with Crippen LogP contribution in [-0.2, 0) is 14.2 Å². The minimum absolute atomic E-state index is 0.00938. The van der Waals surface area contributed by atoms with E-state index in [1.54, 1.807) is 7.11 Å². The molecule has 1 aromatic rings. The molecule has 20 heavy (non-hydrogen) atoms. The summed E-state index contributed by atoms with van der Waals surface area (Å²) in [4.78, 5) is 0. The molecule has 0 aromatic heterocycles. The molecule has 1 aromatic carbocycles. The quantitative estimate of drug-likeness (QED) is 0.745. The third kappa shape index (κ3) is 4.35. The molecular weight excluding hydrogens is 252 g/mol. The van der Waals surface area contributed by atoms with Gasteiger partial charge in [-0.3, -0.25) is 0 Å². The maximum absolute atomic E-state index is 6.10. The summed E-state index contributed by atoms with van der Waals surface area (Å²) in [6.07, 6.45) is 9.34. The van der Waals surface area contributed by atoms with Gasteiger partial charge in [-0.15, -0.1) is 6.42 Å². The zero-order valence-corrected chi connectivity index (χ0v) is 12.0. The van der Waals surface area contributed by atoms with Crippen molar-refractivity contribution in [2.24, 2.45) is 0 Å². The summed E-state index contributed by atoms with van der Waals surface area (Å²) in [6.45, 7) is 1.45. The summed E-state index contributed by atoms with van der Waals surface area (Å²) in [5.74, 6) is 2.63. The van der Waals surface area contributed by atoms with Crippen LogP contribution in [-0.4, -0.2) is 26.6 Å². The van der Waals surface area contributed by atoms with Crippen molar-refractivity contribution in [1.29, 1.82) is 0 Å². The Labute approximate surface area is 121 Å². The van der Waals surface area contributed by atoms with Gasteiger partial charge in [-0.1, -0.05) is 18.1 Å². The first-order valence-corrected chi connectivity index (χ1v) is 7.16. The second-order valence-electron chi connectivity index (χ2n) is 4.97. The SMILES string of the molecule is C#Cc1ccc([C@@H](CCOC)OC2CCCCO2)cc1. The van der Waals surface area contributed by atoms with E-state index in [0.29, 0.717) is 6.61 Å². The predicted molar refractivity (Wildman–Crippen MR) is 78.3 cm³/mol. The number of hydrogen-bond acceptors (Lipinski definition) is 3. The smallest absolute Gasteiger partial charge is 0.158 e. The van der Waals surface area contributed by atoms with E-state index in [4.69, 9.17) is 20.6 Å². The summed E-state index contributed by atoms with van der Waals surface area (Å²) in [5, 5.41) is 0. The number of hydrogen-bond donors (Lipinski definition) is 0. The Morgan fingerprint density at radius 2 is 2.15 bits per heavy atom. The van der Waals surface area contributed by atoms with Crippen molar-refractivity contribution < 1.29 is 14.2 Å². The number of benzene rings is 1. The van der Waals surface area contributed by atoms with Crippen LogP contribution in [0.2, 0.25) is 0 Å². The normalized spacial score (nSPS) is 20.3. The Morgan fingerprint density at radius 1 is 1.35 bits per heavy atom. The van der Waals surface area contributed by atoms with Gasteiger partial charge in [-0.05, 0) is 37.0 Å². The lowest BCUT2D eigenvalue weighted by Crippen LogP contribution is -2.25. The fraction of sp³-hybridized carbons (Fsp3) is 0.529. The Balaban J connectivity index is 2.02. The second kappa shape index (κ2) is 8.06. The first-order chi connectivity index (χ1) is 9.83. The molecule has 0 saturated carbocycles. The van der Waals surface area contributed by atoms with Crippen LogP contribution in [0.3, 0.4) is 0 Å². The van der Waals surface area contributed by atoms with Gasteiger partial charge in [-0.2, -0.15) is 0 Å². The predicted octanol–water partition coefficient (Wildman–Crippen LogP) is 3.29. The van der Waals surface area contributed by atoms with Crippen molar-refractivity contribution in [1.82, 2.24) is 0 Å². The van der Waals surface area contributed by atoms with E-state index >= 15 is 0 Å². The molecule has 0 aliphatic carbocycles. The zero-order valence-electron chi connectivity index (χ0n) is 12.0. The van der Waals surface area contributed by atoms with Crippen molar-refractivity contribution in [2.75, 3.05) is 20.3 Å². The van der Waals surface area contributed by atoms with E-state index in [9.17, 15) is 0 Å². The molecule has 0 spiro atoms. The second-order valence-corrected chi connectivity index (χ2v) is 4.97. The number of terminal acetylenes is 1. The van der Waals surface area contributed by atoms with E-state index in [-0.39, 0.29) is 12.4 Å². The Bertz CT molecular complexity index is 427. The molecule has 3 nitrogen and oxygen atoms in total. The van der Waals surface area contributed by atoms with E-state index < -0.39 is 0 Å². The highest BCUT2D eigenvalue weighted by Gasteiger charge is 2.21. The molecule has 0 bridgehead atoms. The molecule has 1 fully saturated rings. The summed E-state index contributed by atoms with van der Waals surface area (Å²) in [7, 11) is 1.70. The molecule has 0 amide bonds. The molecule has 1 unspecified atom stereocenters. The van der Waals surface area contributed by atoms with Gasteiger partial charge in [0.1, 0.15) is 0 Å². The van der Waals surface area contributed by atoms with Gasteiger partial charge in [0.25, 0.3) is 0 Å². The molecule has 1 saturated heterocycles. The highest BCUT2D eigenvalue weighted by molar-refractivity contribution is 5.34. The molecule has 3 heteroatoms. The van der Waals surface area contributed by atoms with Gasteiger partial charge in [-0.25, -0.2) is 0 Å². The third-order valence-corrected chi connectivity index (χ3v) is 3.49. The van der Waals surface area contributed by atoms with Gasteiger partial charge >= 0.3 is 0 Å². The standard InChI is InChI=1S/C17H22O3/c1-3-14-7-9-15(10-8-14)16(11-13-18-2)20-17-6-4-5-12-19-17/h1,7-10,16-17H,4-6,11-13H2,2H3/t16-,17?/m1/s1. The average Bonchev–Trinajstić information content (AvgIpc) is 2.52. The fourth-order valence-corrected chi connectivity index (χ4v) is 2.33. The van der Waals surface area contributed by atoms with Gasteiger partial charge in [0.05, 0.1) is 6.10 Å². The van der Waals surface area contributed by atoms with Crippen LogP contribution in [0.1, 0.15) is 42.9 Å². The fourth-order valence-electron chi connectivity index (χ4n) is 2.33. The minimum Gasteiger partial charge on any atom is -0.385 e. The molecule has 1 aliphatic heterocycles. The van der Waals surface area contributed by atoms with Crippen molar-refractivity contribution in [3.8, 4) is 12.3 Å². The van der Waals surface area contributed by atoms with Crippen LogP contribution < -0.4 is 0 Å². The van der Waals surface area contributed by atoms with Crippen molar-refractivity contribution in [2.45, 2.75) is 38.1 Å². The Morgan fingerprint density at radius 3 is 2.75 bits per heavy atom. The van der Waals surface area contributed by atoms with Crippen LogP contribution in [0.15, 0.2) is 24.3 Å². The lowest BCUT2D eigenvalue weighted by atomic mass is 10.0. The Hall–Kier alpha value is -1.34. The van der Waals surface area contributed by atoms with E-state index in [0.717, 1.165) is 43.4 Å². The first kappa shape index (κ1) is 15.1. The molecule has 108 valence electrons. The van der Waals surface area contributed by atoms with Crippen molar-refractivity contribution >= 4 is 0 Å².